The third-order valence-electron chi connectivity index (χ3n) is 6.22. The van der Waals surface area contributed by atoms with Crippen LogP contribution in [0.4, 0.5) is 0 Å². The first kappa shape index (κ1) is 29.7. The summed E-state index contributed by atoms with van der Waals surface area (Å²) in [5.41, 5.74) is 1.17. The molecule has 1 aliphatic heterocycles. The Bertz CT molecular complexity index is 1220. The number of hydrogen-bond acceptors (Lipinski definition) is 9. The third-order valence-corrected chi connectivity index (χ3v) is 6.22. The summed E-state index contributed by atoms with van der Waals surface area (Å²) in [4.78, 5) is 49.7. The quantitative estimate of drug-likeness (QED) is 0.136. The first-order valence-electron chi connectivity index (χ1n) is 12.7. The fourth-order valence-corrected chi connectivity index (χ4v) is 3.74. The van der Waals surface area contributed by atoms with Gasteiger partial charge in [-0.3, -0.25) is 4.79 Å². The molecule has 1 saturated heterocycles. The van der Waals surface area contributed by atoms with E-state index in [9.17, 15) is 19.2 Å². The second-order valence-corrected chi connectivity index (χ2v) is 9.98. The average Bonchev–Trinajstić information content (AvgIpc) is 3.58. The predicted octanol–water partition coefficient (Wildman–Crippen LogP) is 4.53. The number of epoxide rings is 1. The van der Waals surface area contributed by atoms with Crippen molar-refractivity contribution < 1.29 is 43.2 Å². The van der Waals surface area contributed by atoms with E-state index in [0.717, 1.165) is 5.57 Å². The molecule has 0 aromatic heterocycles. The summed E-state index contributed by atoms with van der Waals surface area (Å²) in [6, 6.07) is 12.0. The minimum absolute atomic E-state index is 0.0174. The van der Waals surface area contributed by atoms with Gasteiger partial charge in [-0.15, -0.1) is 0 Å². The van der Waals surface area contributed by atoms with Crippen molar-refractivity contribution in [3.05, 3.63) is 82.4 Å². The summed E-state index contributed by atoms with van der Waals surface area (Å²) < 4.78 is 21.9. The van der Waals surface area contributed by atoms with Gasteiger partial charge in [-0.1, -0.05) is 37.6 Å². The van der Waals surface area contributed by atoms with E-state index in [1.54, 1.807) is 31.2 Å². The number of ketones is 1. The molecular weight excluding hydrogens is 504 g/mol. The van der Waals surface area contributed by atoms with Crippen LogP contribution in [0.15, 0.2) is 60.2 Å². The van der Waals surface area contributed by atoms with Gasteiger partial charge < -0.3 is 24.1 Å². The number of hydrogen-bond donors (Lipinski definition) is 1. The van der Waals surface area contributed by atoms with E-state index < -0.39 is 35.9 Å². The van der Waals surface area contributed by atoms with Crippen LogP contribution < -0.4 is 0 Å². The molecule has 1 aliphatic rings. The lowest BCUT2D eigenvalue weighted by Gasteiger charge is -2.21. The van der Waals surface area contributed by atoms with Crippen molar-refractivity contribution in [2.45, 2.75) is 59.0 Å². The number of Topliss-reactive ketones (excluding diaryl/α,β-unsaturated/α-hetero) is 1. The Morgan fingerprint density at radius 3 is 1.92 bits per heavy atom. The van der Waals surface area contributed by atoms with Gasteiger partial charge in [0.2, 0.25) is 6.29 Å². The number of aliphatic hydroxyl groups excluding tert-OH is 1. The van der Waals surface area contributed by atoms with Crippen LogP contribution in [0.2, 0.25) is 0 Å². The number of carbonyl (C=O) groups is 4. The largest absolute Gasteiger partial charge is 0.460 e. The zero-order valence-electron chi connectivity index (χ0n) is 22.8. The van der Waals surface area contributed by atoms with Gasteiger partial charge in [-0.2, -0.15) is 0 Å². The molecule has 3 atom stereocenters. The maximum atomic E-state index is 12.9. The van der Waals surface area contributed by atoms with Gasteiger partial charge in [0, 0.05) is 17.9 Å². The van der Waals surface area contributed by atoms with Crippen LogP contribution >= 0.6 is 0 Å². The lowest BCUT2D eigenvalue weighted by atomic mass is 9.99. The number of esters is 3. The van der Waals surface area contributed by atoms with Crippen molar-refractivity contribution in [2.24, 2.45) is 5.92 Å². The van der Waals surface area contributed by atoms with Crippen LogP contribution in [0, 0.1) is 5.92 Å². The van der Waals surface area contributed by atoms with Crippen LogP contribution in [-0.4, -0.2) is 60.0 Å². The Morgan fingerprint density at radius 2 is 1.41 bits per heavy atom. The molecule has 2 aromatic carbocycles. The third kappa shape index (κ3) is 7.61. The second kappa shape index (κ2) is 12.8. The topological polar surface area (TPSA) is 129 Å². The number of carbonyl (C=O) groups excluding carboxylic acids is 4. The molecule has 2 aromatic rings. The van der Waals surface area contributed by atoms with Crippen molar-refractivity contribution >= 4 is 23.7 Å². The molecule has 208 valence electrons. The van der Waals surface area contributed by atoms with E-state index in [1.165, 1.54) is 24.3 Å². The fraction of sp³-hybridized carbons (Fsp3) is 0.400. The molecule has 3 unspecified atom stereocenters. The molecule has 3 rings (SSSR count). The SMILES string of the molecule is CC(C)=CCC(OC(=O)c1ccc(C(=O)C(C)C)cc1)C1(C)OC1OC(=O)c1ccc(C(=O)OCCO)cc1. The number of allylic oxidation sites excluding steroid dienone is 1. The Balaban J connectivity index is 1.67. The van der Waals surface area contributed by atoms with E-state index in [2.05, 4.69) is 0 Å². The molecule has 1 N–H and O–H groups in total. The maximum Gasteiger partial charge on any atom is 0.340 e. The van der Waals surface area contributed by atoms with Gasteiger partial charge >= 0.3 is 17.9 Å². The highest BCUT2D eigenvalue weighted by Crippen LogP contribution is 2.43. The first-order valence-corrected chi connectivity index (χ1v) is 12.7. The molecule has 0 amide bonds. The Morgan fingerprint density at radius 1 is 0.897 bits per heavy atom. The van der Waals surface area contributed by atoms with Crippen LogP contribution in [0.5, 0.6) is 0 Å². The maximum absolute atomic E-state index is 12.9. The highest BCUT2D eigenvalue weighted by Gasteiger charge is 2.62. The standard InChI is InChI=1S/C30H34O9/c1-18(2)6-15-24(37-27(34)22-9-7-20(8-10-22)25(32)19(3)4)30(5)29(39-30)38-28(35)23-13-11-21(12-14-23)26(33)36-17-16-31/h6-14,19,24,29,31H,15-17H2,1-5H3. The van der Waals surface area contributed by atoms with Gasteiger partial charge in [0.25, 0.3) is 0 Å². The molecule has 0 radical (unpaired) electrons. The molecule has 1 heterocycles. The zero-order valence-corrected chi connectivity index (χ0v) is 22.8. The molecule has 9 nitrogen and oxygen atoms in total. The first-order chi connectivity index (χ1) is 18.5. The van der Waals surface area contributed by atoms with Gasteiger partial charge in [0.05, 0.1) is 23.3 Å². The van der Waals surface area contributed by atoms with E-state index in [1.807, 2.05) is 33.8 Å². The fourth-order valence-electron chi connectivity index (χ4n) is 3.74. The molecule has 0 saturated carbocycles. The average molecular weight is 539 g/mol. The lowest BCUT2D eigenvalue weighted by Crippen LogP contribution is -2.35. The summed E-state index contributed by atoms with van der Waals surface area (Å²) in [7, 11) is 0. The van der Waals surface area contributed by atoms with E-state index in [-0.39, 0.29) is 41.6 Å². The smallest absolute Gasteiger partial charge is 0.340 e. The van der Waals surface area contributed by atoms with Crippen molar-refractivity contribution in [1.29, 1.82) is 0 Å². The van der Waals surface area contributed by atoms with E-state index in [4.69, 9.17) is 24.1 Å². The van der Waals surface area contributed by atoms with E-state index in [0.29, 0.717) is 12.0 Å². The molecule has 39 heavy (non-hydrogen) atoms. The van der Waals surface area contributed by atoms with Crippen molar-refractivity contribution in [2.75, 3.05) is 13.2 Å². The molecule has 0 spiro atoms. The highest BCUT2D eigenvalue weighted by molar-refractivity contribution is 5.98. The number of ether oxygens (including phenoxy) is 4. The highest BCUT2D eigenvalue weighted by atomic mass is 16.8. The van der Waals surface area contributed by atoms with Gasteiger partial charge in [0.1, 0.15) is 12.7 Å². The second-order valence-electron chi connectivity index (χ2n) is 9.98. The summed E-state index contributed by atoms with van der Waals surface area (Å²) in [5, 5.41) is 8.77. The van der Waals surface area contributed by atoms with Crippen LogP contribution in [0.1, 0.15) is 82.5 Å². The molecule has 0 bridgehead atoms. The molecule has 1 fully saturated rings. The molecular formula is C30H34O9. The van der Waals surface area contributed by atoms with Gasteiger partial charge in [-0.05, 0) is 57.2 Å². The van der Waals surface area contributed by atoms with Crippen LogP contribution in [0.3, 0.4) is 0 Å². The minimum atomic E-state index is -1.07. The summed E-state index contributed by atoms with van der Waals surface area (Å²) in [6.45, 7) is 8.74. The normalized spacial score (nSPS) is 18.6. The molecule has 0 aliphatic carbocycles. The summed E-state index contributed by atoms with van der Waals surface area (Å²) in [6.07, 6.45) is 0.544. The number of aliphatic hydroxyl groups is 1. The van der Waals surface area contributed by atoms with Crippen LogP contribution in [-0.2, 0) is 18.9 Å². The minimum Gasteiger partial charge on any atom is -0.460 e. The Labute approximate surface area is 227 Å². The summed E-state index contributed by atoms with van der Waals surface area (Å²) in [5.74, 6) is -2.05. The predicted molar refractivity (Wildman–Crippen MR) is 141 cm³/mol. The lowest BCUT2D eigenvalue weighted by molar-refractivity contribution is 0.00862. The monoisotopic (exact) mass is 538 g/mol. The zero-order chi connectivity index (χ0) is 28.7. The number of rotatable bonds is 12. The van der Waals surface area contributed by atoms with Gasteiger partial charge in [-0.25, -0.2) is 14.4 Å². The van der Waals surface area contributed by atoms with Crippen LogP contribution in [0.25, 0.3) is 0 Å². The summed E-state index contributed by atoms with van der Waals surface area (Å²) >= 11 is 0. The Hall–Kier alpha value is -3.82. The Kier molecular flexibility index (Phi) is 9.77. The molecule has 9 heteroatoms. The van der Waals surface area contributed by atoms with E-state index >= 15 is 0 Å². The van der Waals surface area contributed by atoms with Crippen molar-refractivity contribution in [1.82, 2.24) is 0 Å². The van der Waals surface area contributed by atoms with Gasteiger partial charge in [0.15, 0.2) is 11.4 Å². The van der Waals surface area contributed by atoms with Crippen molar-refractivity contribution in [3.63, 3.8) is 0 Å². The number of benzene rings is 2. The van der Waals surface area contributed by atoms with Crippen molar-refractivity contribution in [3.8, 4) is 0 Å².